The second-order valence-corrected chi connectivity index (χ2v) is 5.38. The fourth-order valence-corrected chi connectivity index (χ4v) is 1.77. The van der Waals surface area contributed by atoms with Crippen molar-refractivity contribution in [3.63, 3.8) is 0 Å². The molecule has 1 aromatic heterocycles. The third kappa shape index (κ3) is 3.89. The van der Waals surface area contributed by atoms with E-state index in [2.05, 4.69) is 26.1 Å². The lowest BCUT2D eigenvalue weighted by molar-refractivity contribution is 0.0693. The molecule has 17 heavy (non-hydrogen) atoms. The molecule has 1 heterocycles. The third-order valence-electron chi connectivity index (χ3n) is 2.41. The first kappa shape index (κ1) is 13.8. The SMILES string of the molecule is CCNCc1occ(CC(C)(C)C)c1C(=O)O. The van der Waals surface area contributed by atoms with E-state index in [-0.39, 0.29) is 5.41 Å². The minimum atomic E-state index is -0.911. The topological polar surface area (TPSA) is 62.5 Å². The van der Waals surface area contributed by atoms with Crippen LogP contribution in [0.1, 0.15) is 49.4 Å². The molecule has 0 saturated heterocycles. The summed E-state index contributed by atoms with van der Waals surface area (Å²) in [5, 5.41) is 12.3. The quantitative estimate of drug-likeness (QED) is 0.829. The second kappa shape index (κ2) is 5.36. The van der Waals surface area contributed by atoms with Crippen LogP contribution in [0.5, 0.6) is 0 Å². The fourth-order valence-electron chi connectivity index (χ4n) is 1.77. The standard InChI is InChI=1S/C13H21NO3/c1-5-14-7-10-11(12(15)16)9(8-17-10)6-13(2,3)4/h8,14H,5-7H2,1-4H3,(H,15,16). The van der Waals surface area contributed by atoms with Crippen LogP contribution in [0.3, 0.4) is 0 Å². The molecule has 2 N–H and O–H groups in total. The molecule has 0 saturated carbocycles. The van der Waals surface area contributed by atoms with Crippen molar-refractivity contribution in [1.29, 1.82) is 0 Å². The molecule has 0 aromatic carbocycles. The van der Waals surface area contributed by atoms with Crippen molar-refractivity contribution in [3.05, 3.63) is 23.2 Å². The molecule has 0 spiro atoms. The molecule has 0 fully saturated rings. The Morgan fingerprint density at radius 1 is 1.47 bits per heavy atom. The van der Waals surface area contributed by atoms with E-state index < -0.39 is 5.97 Å². The first-order chi connectivity index (χ1) is 7.85. The molecular weight excluding hydrogens is 218 g/mol. The molecule has 0 amide bonds. The van der Waals surface area contributed by atoms with Crippen LogP contribution in [0, 0.1) is 5.41 Å². The predicted molar refractivity (Wildman–Crippen MR) is 66.2 cm³/mol. The van der Waals surface area contributed by atoms with Crippen LogP contribution in [0.15, 0.2) is 10.7 Å². The lowest BCUT2D eigenvalue weighted by Gasteiger charge is -2.17. The number of furan rings is 1. The lowest BCUT2D eigenvalue weighted by Crippen LogP contribution is -2.16. The number of aromatic carboxylic acids is 1. The van der Waals surface area contributed by atoms with E-state index in [0.29, 0.717) is 24.3 Å². The van der Waals surface area contributed by atoms with E-state index in [0.717, 1.165) is 12.1 Å². The van der Waals surface area contributed by atoms with Crippen molar-refractivity contribution in [2.24, 2.45) is 5.41 Å². The Morgan fingerprint density at radius 3 is 2.59 bits per heavy atom. The summed E-state index contributed by atoms with van der Waals surface area (Å²) in [6, 6.07) is 0. The molecule has 1 aromatic rings. The number of nitrogens with one attached hydrogen (secondary N) is 1. The average Bonchev–Trinajstić information content (AvgIpc) is 2.55. The van der Waals surface area contributed by atoms with Gasteiger partial charge in [-0.1, -0.05) is 27.7 Å². The maximum absolute atomic E-state index is 11.3. The summed E-state index contributed by atoms with van der Waals surface area (Å²) in [4.78, 5) is 11.3. The summed E-state index contributed by atoms with van der Waals surface area (Å²) in [6.45, 7) is 9.46. The van der Waals surface area contributed by atoms with E-state index in [1.165, 1.54) is 0 Å². The summed E-state index contributed by atoms with van der Waals surface area (Å²) < 4.78 is 5.36. The summed E-state index contributed by atoms with van der Waals surface area (Å²) in [5.41, 5.74) is 1.14. The highest BCUT2D eigenvalue weighted by Crippen LogP contribution is 2.26. The largest absolute Gasteiger partial charge is 0.478 e. The number of rotatable bonds is 5. The minimum absolute atomic E-state index is 0.0452. The van der Waals surface area contributed by atoms with Gasteiger partial charge in [0.1, 0.15) is 11.3 Å². The zero-order valence-electron chi connectivity index (χ0n) is 11.0. The Morgan fingerprint density at radius 2 is 2.12 bits per heavy atom. The number of carbonyl (C=O) groups is 1. The van der Waals surface area contributed by atoms with Crippen molar-refractivity contribution in [3.8, 4) is 0 Å². The van der Waals surface area contributed by atoms with Gasteiger partial charge in [0.25, 0.3) is 0 Å². The monoisotopic (exact) mass is 239 g/mol. The van der Waals surface area contributed by atoms with Gasteiger partial charge >= 0.3 is 5.97 Å². The van der Waals surface area contributed by atoms with E-state index in [4.69, 9.17) is 4.42 Å². The molecule has 0 atom stereocenters. The van der Waals surface area contributed by atoms with Crippen LogP contribution in [0.2, 0.25) is 0 Å². The third-order valence-corrected chi connectivity index (χ3v) is 2.41. The van der Waals surface area contributed by atoms with Gasteiger partial charge in [0.15, 0.2) is 0 Å². The van der Waals surface area contributed by atoms with Gasteiger partial charge in [-0.15, -0.1) is 0 Å². The van der Waals surface area contributed by atoms with Gasteiger partial charge in [-0.05, 0) is 18.4 Å². The molecule has 4 heteroatoms. The number of carboxylic acid groups (broad SMARTS) is 1. The fraction of sp³-hybridized carbons (Fsp3) is 0.615. The van der Waals surface area contributed by atoms with E-state index in [9.17, 15) is 9.90 Å². The Hall–Kier alpha value is -1.29. The maximum atomic E-state index is 11.3. The van der Waals surface area contributed by atoms with Crippen molar-refractivity contribution in [2.75, 3.05) is 6.54 Å². The summed E-state index contributed by atoms with van der Waals surface area (Å²) in [6.07, 6.45) is 2.27. The predicted octanol–water partition coefficient (Wildman–Crippen LogP) is 2.68. The molecule has 4 nitrogen and oxygen atoms in total. The van der Waals surface area contributed by atoms with Crippen LogP contribution >= 0.6 is 0 Å². The van der Waals surface area contributed by atoms with Crippen LogP contribution in [0.25, 0.3) is 0 Å². The van der Waals surface area contributed by atoms with E-state index in [1.54, 1.807) is 6.26 Å². The van der Waals surface area contributed by atoms with Gasteiger partial charge < -0.3 is 14.8 Å². The minimum Gasteiger partial charge on any atom is -0.478 e. The Balaban J connectivity index is 2.98. The second-order valence-electron chi connectivity index (χ2n) is 5.38. The van der Waals surface area contributed by atoms with Crippen LogP contribution in [-0.4, -0.2) is 17.6 Å². The zero-order valence-corrected chi connectivity index (χ0v) is 11.0. The molecular formula is C13H21NO3. The molecule has 0 bridgehead atoms. The van der Waals surface area contributed by atoms with Crippen molar-refractivity contribution >= 4 is 5.97 Å². The Kier molecular flexibility index (Phi) is 4.34. The summed E-state index contributed by atoms with van der Waals surface area (Å²) >= 11 is 0. The van der Waals surface area contributed by atoms with Crippen LogP contribution < -0.4 is 5.32 Å². The highest BCUT2D eigenvalue weighted by molar-refractivity contribution is 5.90. The highest BCUT2D eigenvalue weighted by atomic mass is 16.4. The summed E-state index contributed by atoms with van der Waals surface area (Å²) in [5.74, 6) is -0.399. The van der Waals surface area contributed by atoms with Gasteiger partial charge in [-0.25, -0.2) is 4.79 Å². The van der Waals surface area contributed by atoms with Crippen molar-refractivity contribution in [2.45, 2.75) is 40.7 Å². The maximum Gasteiger partial charge on any atom is 0.339 e. The van der Waals surface area contributed by atoms with Crippen LogP contribution in [-0.2, 0) is 13.0 Å². The van der Waals surface area contributed by atoms with E-state index >= 15 is 0 Å². The van der Waals surface area contributed by atoms with Crippen LogP contribution in [0.4, 0.5) is 0 Å². The van der Waals surface area contributed by atoms with Crippen molar-refractivity contribution in [1.82, 2.24) is 5.32 Å². The molecule has 0 aliphatic heterocycles. The Labute approximate surface area is 102 Å². The first-order valence-corrected chi connectivity index (χ1v) is 5.88. The first-order valence-electron chi connectivity index (χ1n) is 5.88. The van der Waals surface area contributed by atoms with Gasteiger partial charge in [-0.3, -0.25) is 0 Å². The molecule has 0 radical (unpaired) electrons. The molecule has 0 unspecified atom stereocenters. The van der Waals surface area contributed by atoms with Gasteiger partial charge in [0.05, 0.1) is 12.8 Å². The number of hydrogen-bond donors (Lipinski definition) is 2. The van der Waals surface area contributed by atoms with Gasteiger partial charge in [0, 0.05) is 5.56 Å². The zero-order chi connectivity index (χ0) is 13.1. The number of carboxylic acids is 1. The molecule has 0 aliphatic rings. The summed E-state index contributed by atoms with van der Waals surface area (Å²) in [7, 11) is 0. The molecule has 1 rings (SSSR count). The normalized spacial score (nSPS) is 11.8. The van der Waals surface area contributed by atoms with Gasteiger partial charge in [-0.2, -0.15) is 0 Å². The van der Waals surface area contributed by atoms with E-state index in [1.807, 2.05) is 6.92 Å². The highest BCUT2D eigenvalue weighted by Gasteiger charge is 2.23. The molecule has 96 valence electrons. The Bertz CT molecular complexity index is 388. The average molecular weight is 239 g/mol. The molecule has 0 aliphatic carbocycles. The number of hydrogen-bond acceptors (Lipinski definition) is 3. The van der Waals surface area contributed by atoms with Gasteiger partial charge in [0.2, 0.25) is 0 Å². The smallest absolute Gasteiger partial charge is 0.339 e. The lowest BCUT2D eigenvalue weighted by atomic mass is 9.87. The van der Waals surface area contributed by atoms with Crippen molar-refractivity contribution < 1.29 is 14.3 Å².